The summed E-state index contributed by atoms with van der Waals surface area (Å²) in [4.78, 5) is 11.6. The Hall–Kier alpha value is -1.69. The number of aryl methyl sites for hydroxylation is 2. The molecule has 0 bridgehead atoms. The van der Waals surface area contributed by atoms with Crippen molar-refractivity contribution >= 4 is 27.0 Å². The summed E-state index contributed by atoms with van der Waals surface area (Å²) in [6.45, 7) is 3.62. The van der Waals surface area contributed by atoms with Gasteiger partial charge in [0, 0.05) is 13.0 Å². The number of aromatic amines is 1. The van der Waals surface area contributed by atoms with E-state index >= 15 is 0 Å². The maximum Gasteiger partial charge on any atom is 0.192 e. The average Bonchev–Trinajstić information content (AvgIpc) is 2.82. The van der Waals surface area contributed by atoms with E-state index in [1.165, 1.54) is 6.07 Å². The van der Waals surface area contributed by atoms with Crippen molar-refractivity contribution in [1.29, 1.82) is 0 Å². The molecule has 0 radical (unpaired) electrons. The van der Waals surface area contributed by atoms with E-state index in [0.29, 0.717) is 33.0 Å². The molecule has 0 saturated carbocycles. The molecule has 2 heterocycles. The number of H-pyrrole nitrogens is 1. The number of rotatable bonds is 1. The predicted molar refractivity (Wildman–Crippen MR) is 68.7 cm³/mol. The molecule has 2 aromatic heterocycles. The van der Waals surface area contributed by atoms with E-state index in [2.05, 4.69) is 30.9 Å². The molecule has 0 aliphatic heterocycles. The van der Waals surface area contributed by atoms with E-state index in [1.54, 1.807) is 13.0 Å². The first-order valence-corrected chi connectivity index (χ1v) is 6.13. The fraction of sp³-hybridized carbons (Fsp3) is 0.167. The van der Waals surface area contributed by atoms with Crippen LogP contribution in [0.4, 0.5) is 4.39 Å². The van der Waals surface area contributed by atoms with Crippen molar-refractivity contribution in [2.24, 2.45) is 0 Å². The highest BCUT2D eigenvalue weighted by atomic mass is 79.9. The third-order valence-electron chi connectivity index (χ3n) is 2.64. The van der Waals surface area contributed by atoms with Crippen LogP contribution in [0.5, 0.6) is 0 Å². The lowest BCUT2D eigenvalue weighted by Crippen LogP contribution is -1.80. The number of halogens is 2. The largest absolute Gasteiger partial charge is 0.437 e. The van der Waals surface area contributed by atoms with Crippen molar-refractivity contribution in [3.63, 3.8) is 0 Å². The molecule has 0 aliphatic rings. The predicted octanol–water partition coefficient (Wildman–Crippen LogP) is 3.74. The quantitative estimate of drug-likeness (QED) is 0.745. The Morgan fingerprint density at radius 3 is 2.72 bits per heavy atom. The molecule has 4 nitrogen and oxygen atoms in total. The molecular weight excluding hydrogens is 301 g/mol. The van der Waals surface area contributed by atoms with E-state index in [-0.39, 0.29) is 5.82 Å². The van der Waals surface area contributed by atoms with Crippen LogP contribution in [0.15, 0.2) is 21.0 Å². The molecule has 3 aromatic rings. The van der Waals surface area contributed by atoms with Gasteiger partial charge >= 0.3 is 0 Å². The van der Waals surface area contributed by atoms with Crippen LogP contribution >= 0.6 is 15.9 Å². The molecule has 0 fully saturated rings. The SMILES string of the molecule is Cc1nc(C)c(-c2nc3cc(Br)c(F)cc3[nH]2)o1. The maximum atomic E-state index is 13.4. The molecule has 1 N–H and O–H groups in total. The highest BCUT2D eigenvalue weighted by Gasteiger charge is 2.14. The van der Waals surface area contributed by atoms with Crippen molar-refractivity contribution in [2.75, 3.05) is 0 Å². The Labute approximate surface area is 110 Å². The molecular formula is C12H9BrFN3O. The number of hydrogen-bond acceptors (Lipinski definition) is 3. The first-order chi connectivity index (χ1) is 8.54. The standard InChI is InChI=1S/C12H9BrFN3O/c1-5-11(18-6(2)15-5)12-16-9-3-7(13)8(14)4-10(9)17-12/h3-4H,1-2H3,(H,16,17). The van der Waals surface area contributed by atoms with Crippen molar-refractivity contribution in [3.8, 4) is 11.6 Å². The fourth-order valence-corrected chi connectivity index (χ4v) is 2.19. The lowest BCUT2D eigenvalue weighted by molar-refractivity contribution is 0.531. The van der Waals surface area contributed by atoms with Gasteiger partial charge in [0.25, 0.3) is 0 Å². The fourth-order valence-electron chi connectivity index (χ4n) is 1.86. The van der Waals surface area contributed by atoms with Crippen LogP contribution in [0.2, 0.25) is 0 Å². The van der Waals surface area contributed by atoms with Crippen molar-refractivity contribution < 1.29 is 8.81 Å². The van der Waals surface area contributed by atoms with Gasteiger partial charge in [0.05, 0.1) is 21.2 Å². The molecule has 0 saturated heterocycles. The Morgan fingerprint density at radius 2 is 2.06 bits per heavy atom. The molecule has 1 aromatic carbocycles. The first-order valence-electron chi connectivity index (χ1n) is 5.34. The summed E-state index contributed by atoms with van der Waals surface area (Å²) in [5.74, 6) is 1.39. The minimum atomic E-state index is -0.330. The van der Waals surface area contributed by atoms with Crippen LogP contribution in [-0.2, 0) is 0 Å². The van der Waals surface area contributed by atoms with Crippen LogP contribution in [0, 0.1) is 19.7 Å². The maximum absolute atomic E-state index is 13.4. The Bertz CT molecular complexity index is 708. The summed E-state index contributed by atoms with van der Waals surface area (Å²) in [5.41, 5.74) is 2.05. The van der Waals surface area contributed by atoms with E-state index in [4.69, 9.17) is 4.42 Å². The minimum absolute atomic E-state index is 0.330. The normalized spacial score (nSPS) is 11.3. The third kappa shape index (κ3) is 1.73. The zero-order valence-electron chi connectivity index (χ0n) is 9.71. The number of aromatic nitrogens is 3. The van der Waals surface area contributed by atoms with E-state index in [0.717, 1.165) is 5.69 Å². The number of benzene rings is 1. The van der Waals surface area contributed by atoms with Crippen molar-refractivity contribution in [2.45, 2.75) is 13.8 Å². The molecule has 0 unspecified atom stereocenters. The molecule has 0 spiro atoms. The number of fused-ring (bicyclic) bond motifs is 1. The first kappa shape index (κ1) is 11.4. The second kappa shape index (κ2) is 3.91. The number of hydrogen-bond donors (Lipinski definition) is 1. The third-order valence-corrected chi connectivity index (χ3v) is 3.25. The van der Waals surface area contributed by atoms with E-state index < -0.39 is 0 Å². The summed E-state index contributed by atoms with van der Waals surface area (Å²) in [6, 6.07) is 3.03. The van der Waals surface area contributed by atoms with Crippen LogP contribution in [-0.4, -0.2) is 15.0 Å². The molecule has 0 aliphatic carbocycles. The molecule has 0 amide bonds. The van der Waals surface area contributed by atoms with Gasteiger partial charge in [0.2, 0.25) is 0 Å². The van der Waals surface area contributed by atoms with Gasteiger partial charge in [0.1, 0.15) is 5.82 Å². The van der Waals surface area contributed by atoms with Gasteiger partial charge in [-0.05, 0) is 28.9 Å². The highest BCUT2D eigenvalue weighted by molar-refractivity contribution is 9.10. The Balaban J connectivity index is 2.22. The molecule has 0 atom stereocenters. The number of nitrogens with one attached hydrogen (secondary N) is 1. The van der Waals surface area contributed by atoms with Crippen LogP contribution in [0.1, 0.15) is 11.6 Å². The van der Waals surface area contributed by atoms with Crippen LogP contribution in [0.25, 0.3) is 22.6 Å². The molecule has 6 heteroatoms. The topological polar surface area (TPSA) is 54.7 Å². The van der Waals surface area contributed by atoms with Gasteiger partial charge in [-0.15, -0.1) is 0 Å². The molecule has 18 heavy (non-hydrogen) atoms. The van der Waals surface area contributed by atoms with Gasteiger partial charge in [-0.1, -0.05) is 0 Å². The summed E-state index contributed by atoms with van der Waals surface area (Å²) in [7, 11) is 0. The molecule has 92 valence electrons. The van der Waals surface area contributed by atoms with Crippen LogP contribution < -0.4 is 0 Å². The van der Waals surface area contributed by atoms with E-state index in [9.17, 15) is 4.39 Å². The Morgan fingerprint density at radius 1 is 1.28 bits per heavy atom. The van der Waals surface area contributed by atoms with Gasteiger partial charge in [-0.3, -0.25) is 0 Å². The highest BCUT2D eigenvalue weighted by Crippen LogP contribution is 2.27. The van der Waals surface area contributed by atoms with Gasteiger partial charge < -0.3 is 9.40 Å². The second-order valence-electron chi connectivity index (χ2n) is 4.02. The zero-order chi connectivity index (χ0) is 12.9. The summed E-state index contributed by atoms with van der Waals surface area (Å²) in [6.07, 6.45) is 0. The van der Waals surface area contributed by atoms with Crippen molar-refractivity contribution in [1.82, 2.24) is 15.0 Å². The average molecular weight is 310 g/mol. The summed E-state index contributed by atoms with van der Waals surface area (Å²) < 4.78 is 19.3. The number of nitrogens with zero attached hydrogens (tertiary/aromatic N) is 2. The Kier molecular flexibility index (Phi) is 2.48. The number of oxazole rings is 1. The minimum Gasteiger partial charge on any atom is -0.437 e. The van der Waals surface area contributed by atoms with Gasteiger partial charge in [0.15, 0.2) is 17.5 Å². The van der Waals surface area contributed by atoms with Crippen LogP contribution in [0.3, 0.4) is 0 Å². The monoisotopic (exact) mass is 309 g/mol. The lowest BCUT2D eigenvalue weighted by Gasteiger charge is -1.92. The van der Waals surface area contributed by atoms with Gasteiger partial charge in [-0.25, -0.2) is 14.4 Å². The van der Waals surface area contributed by atoms with Gasteiger partial charge in [-0.2, -0.15) is 0 Å². The summed E-state index contributed by atoms with van der Waals surface area (Å²) >= 11 is 3.14. The summed E-state index contributed by atoms with van der Waals surface area (Å²) in [5, 5.41) is 0. The lowest BCUT2D eigenvalue weighted by atomic mass is 10.3. The smallest absolute Gasteiger partial charge is 0.192 e. The molecule has 3 rings (SSSR count). The number of imidazole rings is 1. The zero-order valence-corrected chi connectivity index (χ0v) is 11.3. The second-order valence-corrected chi connectivity index (χ2v) is 4.87. The van der Waals surface area contributed by atoms with Crippen molar-refractivity contribution in [3.05, 3.63) is 34.0 Å². The van der Waals surface area contributed by atoms with E-state index in [1.807, 2.05) is 6.92 Å².